The highest BCUT2D eigenvalue weighted by molar-refractivity contribution is 7.92. The Kier molecular flexibility index (Phi) is 4.02. The third kappa shape index (κ3) is 2.95. The average Bonchev–Trinajstić information content (AvgIpc) is 1.96. The van der Waals surface area contributed by atoms with Crippen LogP contribution < -0.4 is 0 Å². The van der Waals surface area contributed by atoms with Gasteiger partial charge in [0.05, 0.1) is 11.0 Å². The molecule has 1 aliphatic heterocycles. The third-order valence-corrected chi connectivity index (χ3v) is 6.95. The monoisotopic (exact) mass is 269 g/mol. The van der Waals surface area contributed by atoms with Crippen LogP contribution in [0.2, 0.25) is 0 Å². The van der Waals surface area contributed by atoms with Crippen molar-refractivity contribution in [2.75, 3.05) is 24.6 Å². The van der Waals surface area contributed by atoms with Crippen LogP contribution in [0.5, 0.6) is 0 Å². The SMILES string of the molecule is CCS(=O)(=O)C1CN(S(=O)(=O)CC(C)C)C1. The van der Waals surface area contributed by atoms with Gasteiger partial charge in [0, 0.05) is 18.8 Å². The summed E-state index contributed by atoms with van der Waals surface area (Å²) in [5.74, 6) is 0.230. The Morgan fingerprint density at radius 1 is 1.19 bits per heavy atom. The minimum absolute atomic E-state index is 0.0619. The average molecular weight is 269 g/mol. The maximum atomic E-state index is 11.7. The van der Waals surface area contributed by atoms with Crippen molar-refractivity contribution >= 4 is 19.9 Å². The quantitative estimate of drug-likeness (QED) is 0.709. The minimum atomic E-state index is -3.26. The molecular formula is C9H19NO4S2. The van der Waals surface area contributed by atoms with Crippen LogP contribution in [0, 0.1) is 5.92 Å². The Morgan fingerprint density at radius 3 is 2.06 bits per heavy atom. The van der Waals surface area contributed by atoms with E-state index in [-0.39, 0.29) is 30.5 Å². The molecule has 0 atom stereocenters. The lowest BCUT2D eigenvalue weighted by Crippen LogP contribution is -2.57. The summed E-state index contributed by atoms with van der Waals surface area (Å²) in [6.07, 6.45) is 0. The molecule has 0 unspecified atom stereocenters. The molecule has 0 bridgehead atoms. The van der Waals surface area contributed by atoms with Crippen molar-refractivity contribution in [3.8, 4) is 0 Å². The summed E-state index contributed by atoms with van der Waals surface area (Å²) in [5.41, 5.74) is 0. The molecular weight excluding hydrogens is 250 g/mol. The first kappa shape index (κ1) is 13.9. The summed E-state index contributed by atoms with van der Waals surface area (Å²) in [4.78, 5) is 0. The summed E-state index contributed by atoms with van der Waals surface area (Å²) < 4.78 is 47.6. The van der Waals surface area contributed by atoms with Gasteiger partial charge in [-0.25, -0.2) is 16.8 Å². The Balaban J connectivity index is 2.60. The van der Waals surface area contributed by atoms with E-state index in [1.165, 1.54) is 4.31 Å². The maximum absolute atomic E-state index is 11.7. The molecule has 0 saturated carbocycles. The molecule has 0 amide bonds. The van der Waals surface area contributed by atoms with Crippen LogP contribution >= 0.6 is 0 Å². The fraction of sp³-hybridized carbons (Fsp3) is 1.00. The molecule has 5 nitrogen and oxygen atoms in total. The fourth-order valence-electron chi connectivity index (χ4n) is 1.62. The van der Waals surface area contributed by atoms with Crippen molar-refractivity contribution in [1.82, 2.24) is 4.31 Å². The second-order valence-electron chi connectivity index (χ2n) is 4.56. The second-order valence-corrected chi connectivity index (χ2v) is 9.15. The smallest absolute Gasteiger partial charge is 0.214 e. The van der Waals surface area contributed by atoms with Crippen molar-refractivity contribution < 1.29 is 16.8 Å². The van der Waals surface area contributed by atoms with Crippen LogP contribution in [-0.2, 0) is 19.9 Å². The third-order valence-electron chi connectivity index (χ3n) is 2.66. The van der Waals surface area contributed by atoms with E-state index < -0.39 is 25.1 Å². The first-order valence-corrected chi connectivity index (χ1v) is 8.71. The number of hydrogen-bond donors (Lipinski definition) is 0. The Bertz CT molecular complexity index is 432. The van der Waals surface area contributed by atoms with Gasteiger partial charge >= 0.3 is 0 Å². The minimum Gasteiger partial charge on any atom is -0.228 e. The zero-order valence-electron chi connectivity index (χ0n) is 9.88. The molecule has 1 saturated heterocycles. The van der Waals surface area contributed by atoms with E-state index >= 15 is 0 Å². The fourth-order valence-corrected chi connectivity index (χ4v) is 4.96. The van der Waals surface area contributed by atoms with Crippen molar-refractivity contribution in [2.45, 2.75) is 26.0 Å². The van der Waals surface area contributed by atoms with Gasteiger partial charge in [-0.15, -0.1) is 0 Å². The molecule has 0 aromatic rings. The predicted molar refractivity (Wildman–Crippen MR) is 63.4 cm³/mol. The topological polar surface area (TPSA) is 71.5 Å². The predicted octanol–water partition coefficient (Wildman–Crippen LogP) is 0.0911. The van der Waals surface area contributed by atoms with Crippen molar-refractivity contribution in [1.29, 1.82) is 0 Å². The lowest BCUT2D eigenvalue weighted by molar-refractivity contribution is 0.308. The highest BCUT2D eigenvalue weighted by Gasteiger charge is 2.42. The van der Waals surface area contributed by atoms with E-state index in [0.29, 0.717) is 0 Å². The van der Waals surface area contributed by atoms with Gasteiger partial charge < -0.3 is 0 Å². The molecule has 16 heavy (non-hydrogen) atoms. The van der Waals surface area contributed by atoms with E-state index in [2.05, 4.69) is 0 Å². The van der Waals surface area contributed by atoms with Crippen LogP contribution in [0.4, 0.5) is 0 Å². The van der Waals surface area contributed by atoms with E-state index in [1.807, 2.05) is 13.8 Å². The van der Waals surface area contributed by atoms with Gasteiger partial charge in [-0.05, 0) is 5.92 Å². The van der Waals surface area contributed by atoms with Gasteiger partial charge in [0.15, 0.2) is 9.84 Å². The van der Waals surface area contributed by atoms with Crippen molar-refractivity contribution in [2.24, 2.45) is 5.92 Å². The molecule has 1 aliphatic rings. The van der Waals surface area contributed by atoms with E-state index in [9.17, 15) is 16.8 Å². The van der Waals surface area contributed by atoms with Gasteiger partial charge in [0.1, 0.15) is 0 Å². The molecule has 0 spiro atoms. The zero-order chi connectivity index (χ0) is 12.6. The first-order chi connectivity index (χ1) is 7.19. The normalized spacial score (nSPS) is 20.0. The van der Waals surface area contributed by atoms with Crippen molar-refractivity contribution in [3.05, 3.63) is 0 Å². The molecule has 1 rings (SSSR count). The summed E-state index contributed by atoms with van der Waals surface area (Å²) in [6, 6.07) is 0. The van der Waals surface area contributed by atoms with Crippen LogP contribution in [0.1, 0.15) is 20.8 Å². The molecule has 0 radical (unpaired) electrons. The number of nitrogens with zero attached hydrogens (tertiary/aromatic N) is 1. The van der Waals surface area contributed by atoms with Crippen LogP contribution in [0.3, 0.4) is 0 Å². The Hall–Kier alpha value is -0.140. The number of sulfone groups is 1. The number of hydrogen-bond acceptors (Lipinski definition) is 4. The van der Waals surface area contributed by atoms with Crippen LogP contribution in [0.25, 0.3) is 0 Å². The molecule has 0 N–H and O–H groups in total. The van der Waals surface area contributed by atoms with Gasteiger partial charge in [0.25, 0.3) is 0 Å². The highest BCUT2D eigenvalue weighted by atomic mass is 32.2. The summed E-state index contributed by atoms with van der Waals surface area (Å²) in [6.45, 7) is 5.51. The molecule has 7 heteroatoms. The van der Waals surface area contributed by atoms with Gasteiger partial charge in [-0.2, -0.15) is 4.31 Å². The lowest BCUT2D eigenvalue weighted by atomic mass is 10.3. The standard InChI is InChI=1S/C9H19NO4S2/c1-4-15(11,12)9-5-10(6-9)16(13,14)7-8(2)3/h8-9H,4-7H2,1-3H3. The Labute approximate surface area is 97.8 Å². The van der Waals surface area contributed by atoms with E-state index in [4.69, 9.17) is 0 Å². The number of sulfonamides is 1. The van der Waals surface area contributed by atoms with Crippen molar-refractivity contribution in [3.63, 3.8) is 0 Å². The van der Waals surface area contributed by atoms with Gasteiger partial charge in [-0.3, -0.25) is 0 Å². The summed E-state index contributed by atoms with van der Waals surface area (Å²) in [5, 5.41) is -0.501. The highest BCUT2D eigenvalue weighted by Crippen LogP contribution is 2.21. The molecule has 0 aromatic carbocycles. The molecule has 1 heterocycles. The molecule has 1 fully saturated rings. The van der Waals surface area contributed by atoms with Crippen LogP contribution in [-0.4, -0.2) is 51.0 Å². The van der Waals surface area contributed by atoms with Gasteiger partial charge in [-0.1, -0.05) is 20.8 Å². The Morgan fingerprint density at radius 2 is 1.69 bits per heavy atom. The molecule has 0 aromatic heterocycles. The molecule has 0 aliphatic carbocycles. The zero-order valence-corrected chi connectivity index (χ0v) is 11.5. The maximum Gasteiger partial charge on any atom is 0.214 e. The summed E-state index contributed by atoms with van der Waals surface area (Å²) in [7, 11) is -6.34. The number of rotatable bonds is 5. The molecule has 96 valence electrons. The van der Waals surface area contributed by atoms with Crippen LogP contribution in [0.15, 0.2) is 0 Å². The first-order valence-electron chi connectivity index (χ1n) is 5.38. The van der Waals surface area contributed by atoms with Gasteiger partial charge in [0.2, 0.25) is 10.0 Å². The summed E-state index contributed by atoms with van der Waals surface area (Å²) >= 11 is 0. The van der Waals surface area contributed by atoms with E-state index in [0.717, 1.165) is 0 Å². The lowest BCUT2D eigenvalue weighted by Gasteiger charge is -2.37. The second kappa shape index (κ2) is 4.62. The largest absolute Gasteiger partial charge is 0.228 e. The van der Waals surface area contributed by atoms with E-state index in [1.54, 1.807) is 6.92 Å².